The molecule has 0 aromatic carbocycles. The second-order valence-corrected chi connectivity index (χ2v) is 6.38. The number of aromatic nitrogens is 2. The molecule has 5 nitrogen and oxygen atoms in total. The van der Waals surface area contributed by atoms with E-state index >= 15 is 0 Å². The summed E-state index contributed by atoms with van der Waals surface area (Å²) >= 11 is 6.83. The maximum Gasteiger partial charge on any atom is 0.283 e. The lowest BCUT2D eigenvalue weighted by atomic mass is 10.1. The van der Waals surface area contributed by atoms with Gasteiger partial charge in [-0.1, -0.05) is 28.8 Å². The van der Waals surface area contributed by atoms with E-state index in [0.717, 1.165) is 30.3 Å². The first-order valence-electron chi connectivity index (χ1n) is 6.78. The number of fused-ring (bicyclic) bond motifs is 1. The van der Waals surface area contributed by atoms with Crippen LogP contribution >= 0.6 is 31.9 Å². The van der Waals surface area contributed by atoms with E-state index in [4.69, 9.17) is 0 Å². The van der Waals surface area contributed by atoms with E-state index < -0.39 is 4.92 Å². The van der Waals surface area contributed by atoms with Crippen LogP contribution in [0, 0.1) is 10.1 Å². The van der Waals surface area contributed by atoms with E-state index in [0.29, 0.717) is 15.5 Å². The van der Waals surface area contributed by atoms with Crippen LogP contribution in [0.1, 0.15) is 31.4 Å². The number of nitro groups is 1. The molecule has 0 aliphatic heterocycles. The summed E-state index contributed by atoms with van der Waals surface area (Å²) in [4.78, 5) is 19.2. The number of pyridine rings is 2. The first-order valence-corrected chi connectivity index (χ1v) is 8.69. The van der Waals surface area contributed by atoms with Gasteiger partial charge in [-0.25, -0.2) is 9.97 Å². The van der Waals surface area contributed by atoms with Crippen molar-refractivity contribution in [3.63, 3.8) is 0 Å². The minimum atomic E-state index is -0.406. The fraction of sp³-hybridized carbons (Fsp3) is 0.429. The van der Waals surface area contributed by atoms with Gasteiger partial charge in [0, 0.05) is 27.8 Å². The number of hydrogen-bond donors (Lipinski definition) is 0. The molecule has 112 valence electrons. The van der Waals surface area contributed by atoms with Crippen molar-refractivity contribution in [3.05, 3.63) is 38.6 Å². The smallest absolute Gasteiger partial charge is 0.258 e. The highest BCUT2D eigenvalue weighted by Gasteiger charge is 2.17. The van der Waals surface area contributed by atoms with Crippen molar-refractivity contribution in [2.45, 2.75) is 32.1 Å². The quantitative estimate of drug-likeness (QED) is 0.281. The molecule has 0 aliphatic carbocycles. The van der Waals surface area contributed by atoms with Crippen LogP contribution in [-0.4, -0.2) is 20.2 Å². The molecule has 0 saturated heterocycles. The summed E-state index contributed by atoms with van der Waals surface area (Å²) in [7, 11) is 0. The van der Waals surface area contributed by atoms with E-state index in [-0.39, 0.29) is 5.69 Å². The molecule has 0 aliphatic rings. The number of alkyl halides is 1. The average Bonchev–Trinajstić information content (AvgIpc) is 2.46. The normalized spacial score (nSPS) is 11.0. The van der Waals surface area contributed by atoms with Crippen molar-refractivity contribution in [1.82, 2.24) is 9.97 Å². The predicted octanol–water partition coefficient (Wildman–Crippen LogP) is 4.80. The van der Waals surface area contributed by atoms with Gasteiger partial charge in [-0.15, -0.1) is 0 Å². The summed E-state index contributed by atoms with van der Waals surface area (Å²) in [6, 6.07) is 3.26. The molecule has 0 atom stereocenters. The van der Waals surface area contributed by atoms with E-state index in [1.165, 1.54) is 25.1 Å². The third-order valence-electron chi connectivity index (χ3n) is 3.20. The Balaban J connectivity index is 2.19. The molecule has 2 aromatic heterocycles. The second-order valence-electron chi connectivity index (χ2n) is 4.73. The molecule has 0 unspecified atom stereocenters. The molecule has 0 spiro atoms. The van der Waals surface area contributed by atoms with Crippen molar-refractivity contribution in [2.24, 2.45) is 0 Å². The molecule has 2 heterocycles. The Morgan fingerprint density at radius 2 is 2.00 bits per heavy atom. The monoisotopic (exact) mass is 415 g/mol. The van der Waals surface area contributed by atoms with Crippen molar-refractivity contribution in [3.8, 4) is 0 Å². The molecule has 0 bridgehead atoms. The van der Waals surface area contributed by atoms with E-state index in [1.54, 1.807) is 0 Å². The molecule has 0 fully saturated rings. The Kier molecular flexibility index (Phi) is 6.05. The fourth-order valence-electron chi connectivity index (χ4n) is 2.18. The number of hydrogen-bond acceptors (Lipinski definition) is 4. The van der Waals surface area contributed by atoms with Gasteiger partial charge in [-0.2, -0.15) is 0 Å². The highest BCUT2D eigenvalue weighted by atomic mass is 79.9. The first kappa shape index (κ1) is 16.3. The molecule has 0 saturated carbocycles. The summed E-state index contributed by atoms with van der Waals surface area (Å²) < 4.78 is 0.683. The first-order chi connectivity index (χ1) is 10.1. The summed E-state index contributed by atoms with van der Waals surface area (Å²) in [6.07, 6.45) is 6.89. The zero-order valence-corrected chi connectivity index (χ0v) is 14.6. The van der Waals surface area contributed by atoms with Crippen molar-refractivity contribution in [2.75, 3.05) is 5.33 Å². The molecular weight excluding hydrogens is 402 g/mol. The van der Waals surface area contributed by atoms with Gasteiger partial charge in [-0.05, 0) is 41.3 Å². The van der Waals surface area contributed by atoms with Gasteiger partial charge < -0.3 is 0 Å². The Bertz CT molecular complexity index is 649. The lowest BCUT2D eigenvalue weighted by Crippen LogP contribution is -1.97. The van der Waals surface area contributed by atoms with Gasteiger partial charge in [0.1, 0.15) is 5.39 Å². The van der Waals surface area contributed by atoms with Crippen molar-refractivity contribution < 1.29 is 4.92 Å². The third-order valence-corrected chi connectivity index (χ3v) is 4.39. The number of nitrogens with zero attached hydrogens (tertiary/aromatic N) is 3. The Morgan fingerprint density at radius 3 is 2.71 bits per heavy atom. The van der Waals surface area contributed by atoms with Crippen LogP contribution in [0.4, 0.5) is 5.69 Å². The van der Waals surface area contributed by atoms with E-state index in [2.05, 4.69) is 41.8 Å². The summed E-state index contributed by atoms with van der Waals surface area (Å²) in [5.41, 5.74) is 1.37. The van der Waals surface area contributed by atoms with Gasteiger partial charge in [0.25, 0.3) is 5.69 Å². The highest BCUT2D eigenvalue weighted by molar-refractivity contribution is 9.10. The number of aryl methyl sites for hydroxylation is 1. The van der Waals surface area contributed by atoms with Crippen LogP contribution in [0.25, 0.3) is 11.0 Å². The summed E-state index contributed by atoms with van der Waals surface area (Å²) in [5, 5.41) is 12.6. The van der Waals surface area contributed by atoms with Crippen LogP contribution in [0.15, 0.2) is 22.8 Å². The van der Waals surface area contributed by atoms with Crippen LogP contribution in [-0.2, 0) is 6.42 Å². The van der Waals surface area contributed by atoms with Gasteiger partial charge in [-0.3, -0.25) is 10.1 Å². The van der Waals surface area contributed by atoms with Crippen molar-refractivity contribution in [1.29, 1.82) is 0 Å². The highest BCUT2D eigenvalue weighted by Crippen LogP contribution is 2.30. The van der Waals surface area contributed by atoms with Crippen LogP contribution in [0.3, 0.4) is 0 Å². The molecule has 0 radical (unpaired) electrons. The maximum atomic E-state index is 11.0. The Morgan fingerprint density at radius 1 is 1.24 bits per heavy atom. The van der Waals surface area contributed by atoms with Crippen LogP contribution in [0.2, 0.25) is 0 Å². The topological polar surface area (TPSA) is 68.9 Å². The minimum Gasteiger partial charge on any atom is -0.258 e. The van der Waals surface area contributed by atoms with Gasteiger partial charge >= 0.3 is 0 Å². The second kappa shape index (κ2) is 7.79. The number of unbranched alkanes of at least 4 members (excludes halogenated alkanes) is 3. The zero-order valence-electron chi connectivity index (χ0n) is 11.4. The number of rotatable bonds is 7. The van der Waals surface area contributed by atoms with E-state index in [9.17, 15) is 10.1 Å². The van der Waals surface area contributed by atoms with E-state index in [1.807, 2.05) is 6.07 Å². The largest absolute Gasteiger partial charge is 0.283 e. The zero-order chi connectivity index (χ0) is 15.2. The summed E-state index contributed by atoms with van der Waals surface area (Å²) in [5.74, 6) is 0. The summed E-state index contributed by atoms with van der Waals surface area (Å²) in [6.45, 7) is 0. The van der Waals surface area contributed by atoms with Gasteiger partial charge in [0.05, 0.1) is 4.92 Å². The molecule has 7 heteroatoms. The van der Waals surface area contributed by atoms with Crippen LogP contribution < -0.4 is 0 Å². The lowest BCUT2D eigenvalue weighted by Gasteiger charge is -2.05. The number of halogens is 2. The fourth-order valence-corrected chi connectivity index (χ4v) is 3.22. The van der Waals surface area contributed by atoms with Gasteiger partial charge in [0.15, 0.2) is 5.65 Å². The third kappa shape index (κ3) is 4.20. The maximum absolute atomic E-state index is 11.0. The van der Waals surface area contributed by atoms with Crippen molar-refractivity contribution >= 4 is 48.6 Å². The Hall–Kier alpha value is -1.08. The minimum absolute atomic E-state index is 0.0308. The molecule has 21 heavy (non-hydrogen) atoms. The average molecular weight is 417 g/mol. The molecule has 2 aromatic rings. The molecule has 0 N–H and O–H groups in total. The molecular formula is C14H15Br2N3O2. The van der Waals surface area contributed by atoms with Crippen LogP contribution in [0.5, 0.6) is 0 Å². The standard InChI is InChI=1S/C14H15Br2N3O2/c15-7-4-2-1-3-5-10-9-11(16)13-12(19(20)21)6-8-17-14(13)18-10/h6,8-9H,1-5,7H2. The predicted molar refractivity (Wildman–Crippen MR) is 89.9 cm³/mol. The molecule has 2 rings (SSSR count). The molecule has 0 amide bonds. The van der Waals surface area contributed by atoms with Gasteiger partial charge in [0.2, 0.25) is 0 Å². The SMILES string of the molecule is O=[N+]([O-])c1ccnc2nc(CCCCCCBr)cc(Br)c12. The Labute approximate surface area is 139 Å². The lowest BCUT2D eigenvalue weighted by molar-refractivity contribution is -0.383.